The molecule has 0 saturated heterocycles. The van der Waals surface area contributed by atoms with Crippen molar-refractivity contribution >= 4 is 11.3 Å². The second kappa shape index (κ2) is 6.55. The van der Waals surface area contributed by atoms with E-state index in [1.165, 1.54) is 10.7 Å². The summed E-state index contributed by atoms with van der Waals surface area (Å²) in [5, 5.41) is 6.79. The first-order chi connectivity index (χ1) is 9.49. The van der Waals surface area contributed by atoms with Crippen LogP contribution in [0.2, 0.25) is 0 Å². The standard InChI is InChI=1S/C16H24N2OS/c1-16(2,3)14-11-20-15(18-14)10-12(17-4)7-8-13-6-5-9-19-13/h5-6,9,11-12,17H,7-8,10H2,1-4H3. The maximum atomic E-state index is 5.39. The molecule has 110 valence electrons. The molecule has 0 aliphatic carbocycles. The summed E-state index contributed by atoms with van der Waals surface area (Å²) in [6.45, 7) is 6.62. The Bertz CT molecular complexity index is 511. The predicted octanol–water partition coefficient (Wildman–Crippen LogP) is 3.80. The molecule has 2 aromatic rings. The smallest absolute Gasteiger partial charge is 0.103 e. The lowest BCUT2D eigenvalue weighted by Gasteiger charge is -2.15. The summed E-state index contributed by atoms with van der Waals surface area (Å²) in [5.41, 5.74) is 1.33. The lowest BCUT2D eigenvalue weighted by molar-refractivity contribution is 0.459. The van der Waals surface area contributed by atoms with Gasteiger partial charge in [0.05, 0.1) is 17.0 Å². The molecule has 1 N–H and O–H groups in total. The van der Waals surface area contributed by atoms with Crippen LogP contribution in [0.5, 0.6) is 0 Å². The van der Waals surface area contributed by atoms with E-state index in [4.69, 9.17) is 9.40 Å². The van der Waals surface area contributed by atoms with Crippen LogP contribution in [0, 0.1) is 0 Å². The fourth-order valence-electron chi connectivity index (χ4n) is 2.08. The number of likely N-dealkylation sites (N-methyl/N-ethyl adjacent to an activating group) is 1. The molecule has 3 nitrogen and oxygen atoms in total. The minimum atomic E-state index is 0.137. The third kappa shape index (κ3) is 4.18. The van der Waals surface area contributed by atoms with Crippen molar-refractivity contribution in [2.75, 3.05) is 7.05 Å². The Balaban J connectivity index is 1.91. The van der Waals surface area contributed by atoms with Gasteiger partial charge in [0.2, 0.25) is 0 Å². The van der Waals surface area contributed by atoms with E-state index in [0.717, 1.165) is 25.0 Å². The number of furan rings is 1. The molecular weight excluding hydrogens is 268 g/mol. The fourth-order valence-corrected chi connectivity index (χ4v) is 3.18. The first kappa shape index (κ1) is 15.3. The average Bonchev–Trinajstić information content (AvgIpc) is 3.04. The Kier molecular flexibility index (Phi) is 5.00. The van der Waals surface area contributed by atoms with E-state index in [0.29, 0.717) is 6.04 Å². The number of nitrogens with zero attached hydrogens (tertiary/aromatic N) is 1. The molecule has 0 spiro atoms. The number of nitrogens with one attached hydrogen (secondary N) is 1. The van der Waals surface area contributed by atoms with Gasteiger partial charge in [-0.15, -0.1) is 11.3 Å². The van der Waals surface area contributed by atoms with Gasteiger partial charge >= 0.3 is 0 Å². The monoisotopic (exact) mass is 292 g/mol. The number of hydrogen-bond donors (Lipinski definition) is 1. The van der Waals surface area contributed by atoms with Gasteiger partial charge in [-0.25, -0.2) is 4.98 Å². The van der Waals surface area contributed by atoms with Gasteiger partial charge in [0, 0.05) is 29.7 Å². The quantitative estimate of drug-likeness (QED) is 0.880. The number of aryl methyl sites for hydroxylation is 1. The van der Waals surface area contributed by atoms with Crippen LogP contribution in [0.25, 0.3) is 0 Å². The van der Waals surface area contributed by atoms with Gasteiger partial charge in [0.15, 0.2) is 0 Å². The van der Waals surface area contributed by atoms with Gasteiger partial charge in [0.1, 0.15) is 5.76 Å². The van der Waals surface area contributed by atoms with Crippen molar-refractivity contribution < 1.29 is 4.42 Å². The Labute approximate surface area is 125 Å². The van der Waals surface area contributed by atoms with E-state index in [-0.39, 0.29) is 5.41 Å². The third-order valence-electron chi connectivity index (χ3n) is 3.47. The summed E-state index contributed by atoms with van der Waals surface area (Å²) in [5.74, 6) is 1.06. The molecule has 0 fully saturated rings. The molecule has 0 saturated carbocycles. The molecule has 1 atom stereocenters. The van der Waals surface area contributed by atoms with Crippen LogP contribution in [0.1, 0.15) is 43.7 Å². The van der Waals surface area contributed by atoms with Crippen molar-refractivity contribution in [3.05, 3.63) is 40.2 Å². The van der Waals surface area contributed by atoms with Crippen molar-refractivity contribution in [2.45, 2.75) is 51.5 Å². The SMILES string of the molecule is CNC(CCc1ccco1)Cc1nc(C(C)(C)C)cs1. The topological polar surface area (TPSA) is 38.1 Å². The van der Waals surface area contributed by atoms with Crippen LogP contribution in [0.15, 0.2) is 28.2 Å². The number of rotatable bonds is 6. The molecule has 0 aromatic carbocycles. The first-order valence-corrected chi connectivity index (χ1v) is 8.01. The number of thiazole rings is 1. The highest BCUT2D eigenvalue weighted by molar-refractivity contribution is 7.09. The molecule has 20 heavy (non-hydrogen) atoms. The minimum Gasteiger partial charge on any atom is -0.469 e. The zero-order valence-corrected chi connectivity index (χ0v) is 13.6. The molecule has 0 aliphatic rings. The highest BCUT2D eigenvalue weighted by Gasteiger charge is 2.18. The second-order valence-electron chi connectivity index (χ2n) is 6.18. The van der Waals surface area contributed by atoms with E-state index in [9.17, 15) is 0 Å². The average molecular weight is 292 g/mol. The van der Waals surface area contributed by atoms with Gasteiger partial charge < -0.3 is 9.73 Å². The van der Waals surface area contributed by atoms with Crippen molar-refractivity contribution in [3.8, 4) is 0 Å². The Morgan fingerprint density at radius 2 is 2.20 bits per heavy atom. The van der Waals surface area contributed by atoms with Crippen LogP contribution in [0.3, 0.4) is 0 Å². The van der Waals surface area contributed by atoms with Crippen molar-refractivity contribution in [1.82, 2.24) is 10.3 Å². The van der Waals surface area contributed by atoms with E-state index >= 15 is 0 Å². The van der Waals surface area contributed by atoms with Gasteiger partial charge in [0.25, 0.3) is 0 Å². The Morgan fingerprint density at radius 1 is 1.40 bits per heavy atom. The highest BCUT2D eigenvalue weighted by Crippen LogP contribution is 2.24. The molecule has 2 aromatic heterocycles. The third-order valence-corrected chi connectivity index (χ3v) is 4.34. The van der Waals surface area contributed by atoms with Crippen molar-refractivity contribution in [3.63, 3.8) is 0 Å². The van der Waals surface area contributed by atoms with Crippen LogP contribution >= 0.6 is 11.3 Å². The lowest BCUT2D eigenvalue weighted by atomic mass is 9.93. The molecular formula is C16H24N2OS. The highest BCUT2D eigenvalue weighted by atomic mass is 32.1. The molecule has 0 amide bonds. The largest absolute Gasteiger partial charge is 0.469 e. The molecule has 0 radical (unpaired) electrons. The van der Waals surface area contributed by atoms with E-state index in [2.05, 4.69) is 31.5 Å². The van der Waals surface area contributed by atoms with Gasteiger partial charge in [-0.2, -0.15) is 0 Å². The van der Waals surface area contributed by atoms with Gasteiger partial charge in [-0.3, -0.25) is 0 Å². The van der Waals surface area contributed by atoms with Crippen molar-refractivity contribution in [2.24, 2.45) is 0 Å². The summed E-state index contributed by atoms with van der Waals surface area (Å²) < 4.78 is 5.39. The Morgan fingerprint density at radius 3 is 2.75 bits per heavy atom. The summed E-state index contributed by atoms with van der Waals surface area (Å²) >= 11 is 1.77. The van der Waals surface area contributed by atoms with Gasteiger partial charge in [-0.1, -0.05) is 20.8 Å². The molecule has 2 heterocycles. The minimum absolute atomic E-state index is 0.137. The summed E-state index contributed by atoms with van der Waals surface area (Å²) in [6, 6.07) is 4.42. The first-order valence-electron chi connectivity index (χ1n) is 7.13. The molecule has 0 aliphatic heterocycles. The van der Waals surface area contributed by atoms with Crippen LogP contribution in [-0.4, -0.2) is 18.1 Å². The molecule has 4 heteroatoms. The fraction of sp³-hybridized carbons (Fsp3) is 0.562. The number of hydrogen-bond acceptors (Lipinski definition) is 4. The maximum Gasteiger partial charge on any atom is 0.103 e. The normalized spacial score (nSPS) is 13.6. The van der Waals surface area contributed by atoms with Crippen LogP contribution in [0.4, 0.5) is 0 Å². The second-order valence-corrected chi connectivity index (χ2v) is 7.13. The van der Waals surface area contributed by atoms with E-state index in [1.807, 2.05) is 19.2 Å². The van der Waals surface area contributed by atoms with Crippen LogP contribution < -0.4 is 5.32 Å². The summed E-state index contributed by atoms with van der Waals surface area (Å²) in [6.07, 6.45) is 4.75. The molecule has 0 bridgehead atoms. The van der Waals surface area contributed by atoms with E-state index in [1.54, 1.807) is 17.6 Å². The summed E-state index contributed by atoms with van der Waals surface area (Å²) in [7, 11) is 2.02. The predicted molar refractivity (Wildman–Crippen MR) is 84.4 cm³/mol. The van der Waals surface area contributed by atoms with Gasteiger partial charge in [-0.05, 0) is 25.6 Å². The van der Waals surface area contributed by atoms with Crippen molar-refractivity contribution in [1.29, 1.82) is 0 Å². The zero-order chi connectivity index (χ0) is 14.6. The van der Waals surface area contributed by atoms with E-state index < -0.39 is 0 Å². The number of aromatic nitrogens is 1. The lowest BCUT2D eigenvalue weighted by Crippen LogP contribution is -2.28. The molecule has 2 rings (SSSR count). The van der Waals surface area contributed by atoms with Crippen LogP contribution in [-0.2, 0) is 18.3 Å². The zero-order valence-electron chi connectivity index (χ0n) is 12.8. The maximum absolute atomic E-state index is 5.39. The Hall–Kier alpha value is -1.13. The molecule has 1 unspecified atom stereocenters. The summed E-state index contributed by atoms with van der Waals surface area (Å²) in [4.78, 5) is 4.77.